The molecule has 0 aromatic heterocycles. The molecular formula is C14H26NO4+. The second-order valence-electron chi connectivity index (χ2n) is 4.96. The lowest BCUT2D eigenvalue weighted by Crippen LogP contribution is -2.97. The van der Waals surface area contributed by atoms with Crippen molar-refractivity contribution in [3.05, 3.63) is 0 Å². The van der Waals surface area contributed by atoms with E-state index in [-0.39, 0.29) is 18.4 Å². The van der Waals surface area contributed by atoms with Crippen molar-refractivity contribution in [3.63, 3.8) is 0 Å². The van der Waals surface area contributed by atoms with E-state index in [1.807, 2.05) is 5.32 Å². The van der Waals surface area contributed by atoms with Gasteiger partial charge in [-0.1, -0.05) is 6.42 Å². The molecule has 1 fully saturated rings. The molecule has 5 nitrogen and oxygen atoms in total. The maximum absolute atomic E-state index is 11.9. The van der Waals surface area contributed by atoms with Crippen molar-refractivity contribution < 1.29 is 24.4 Å². The lowest BCUT2D eigenvalue weighted by atomic mass is 9.94. The van der Waals surface area contributed by atoms with E-state index in [0.29, 0.717) is 19.3 Å². The summed E-state index contributed by atoms with van der Waals surface area (Å²) in [4.78, 5) is 23.4. The summed E-state index contributed by atoms with van der Waals surface area (Å²) in [5.74, 6) is -0.631. The van der Waals surface area contributed by atoms with Crippen LogP contribution in [0, 0.1) is 0 Å². The van der Waals surface area contributed by atoms with Crippen LogP contribution < -0.4 is 5.32 Å². The smallest absolute Gasteiger partial charge is 0.365 e. The highest BCUT2D eigenvalue weighted by Gasteiger charge is 2.31. The van der Waals surface area contributed by atoms with Crippen LogP contribution in [0.15, 0.2) is 0 Å². The molecule has 1 saturated carbocycles. The van der Waals surface area contributed by atoms with Crippen molar-refractivity contribution >= 4 is 11.9 Å². The monoisotopic (exact) mass is 272 g/mol. The fraction of sp³-hybridized carbons (Fsp3) is 0.857. The van der Waals surface area contributed by atoms with E-state index < -0.39 is 6.04 Å². The molecular weight excluding hydrogens is 246 g/mol. The molecule has 1 aliphatic rings. The first-order valence-electron chi connectivity index (χ1n) is 7.34. The highest BCUT2D eigenvalue weighted by atomic mass is 16.5. The summed E-state index contributed by atoms with van der Waals surface area (Å²) in [6.07, 6.45) is 6.00. The molecule has 0 unspecified atom stereocenters. The summed E-state index contributed by atoms with van der Waals surface area (Å²) in [6, 6.07) is -0.0281. The Morgan fingerprint density at radius 2 is 1.74 bits per heavy atom. The SMILES string of the molecule is CCOC(=O)C[C@H]([NH2+]C1CCCCC1)C(=O)OCC. The maximum Gasteiger partial charge on any atom is 0.365 e. The molecule has 19 heavy (non-hydrogen) atoms. The van der Waals surface area contributed by atoms with Crippen LogP contribution in [0.3, 0.4) is 0 Å². The zero-order valence-corrected chi connectivity index (χ0v) is 12.0. The summed E-state index contributed by atoms with van der Waals surface area (Å²) >= 11 is 0. The minimum Gasteiger partial charge on any atom is -0.466 e. The molecule has 0 aliphatic heterocycles. The van der Waals surface area contributed by atoms with Crippen molar-refractivity contribution in [2.24, 2.45) is 0 Å². The van der Waals surface area contributed by atoms with Crippen molar-refractivity contribution in [2.75, 3.05) is 13.2 Å². The number of carbonyl (C=O) groups excluding carboxylic acids is 2. The molecule has 0 aromatic rings. The first-order chi connectivity index (χ1) is 9.17. The molecule has 0 spiro atoms. The van der Waals surface area contributed by atoms with E-state index in [2.05, 4.69) is 0 Å². The van der Waals surface area contributed by atoms with Gasteiger partial charge in [0.25, 0.3) is 0 Å². The Labute approximate surface area is 115 Å². The van der Waals surface area contributed by atoms with Gasteiger partial charge in [0.2, 0.25) is 0 Å². The van der Waals surface area contributed by atoms with Gasteiger partial charge in [-0.15, -0.1) is 0 Å². The standard InChI is InChI=1S/C14H25NO4/c1-3-18-13(16)10-12(14(17)19-4-2)15-11-8-6-5-7-9-11/h11-12,15H,3-10H2,1-2H3/p+1/t12-/m0/s1. The lowest BCUT2D eigenvalue weighted by Gasteiger charge is -2.23. The molecule has 1 rings (SSSR count). The predicted octanol–water partition coefficient (Wildman–Crippen LogP) is 0.767. The molecule has 0 amide bonds. The number of esters is 2. The number of rotatable bonds is 7. The minimum atomic E-state index is -0.456. The van der Waals surface area contributed by atoms with Crippen LogP contribution >= 0.6 is 0 Å². The van der Waals surface area contributed by atoms with E-state index in [0.717, 1.165) is 12.8 Å². The number of quaternary nitrogens is 1. The molecule has 110 valence electrons. The van der Waals surface area contributed by atoms with Crippen LogP contribution in [0.25, 0.3) is 0 Å². The summed E-state index contributed by atoms with van der Waals surface area (Å²) < 4.78 is 9.97. The second kappa shape index (κ2) is 8.91. The van der Waals surface area contributed by atoms with Gasteiger partial charge < -0.3 is 14.8 Å². The molecule has 0 saturated heterocycles. The molecule has 0 bridgehead atoms. The summed E-state index contributed by atoms with van der Waals surface area (Å²) in [7, 11) is 0. The number of nitrogens with two attached hydrogens (primary N) is 1. The second-order valence-corrected chi connectivity index (χ2v) is 4.96. The Kier molecular flexibility index (Phi) is 7.48. The summed E-state index contributed by atoms with van der Waals surface area (Å²) in [5.41, 5.74) is 0. The van der Waals surface area contributed by atoms with Crippen LogP contribution in [-0.2, 0) is 19.1 Å². The molecule has 5 heteroatoms. The summed E-state index contributed by atoms with van der Waals surface area (Å²) in [5, 5.41) is 2.01. The number of hydrogen-bond donors (Lipinski definition) is 1. The largest absolute Gasteiger partial charge is 0.466 e. The topological polar surface area (TPSA) is 69.2 Å². The van der Waals surface area contributed by atoms with Gasteiger partial charge in [0.15, 0.2) is 6.04 Å². The quantitative estimate of drug-likeness (QED) is 0.695. The third-order valence-electron chi connectivity index (χ3n) is 3.44. The predicted molar refractivity (Wildman–Crippen MR) is 70.5 cm³/mol. The van der Waals surface area contributed by atoms with E-state index in [1.165, 1.54) is 19.3 Å². The Hall–Kier alpha value is -1.10. The lowest BCUT2D eigenvalue weighted by molar-refractivity contribution is -0.712. The van der Waals surface area contributed by atoms with Crippen LogP contribution in [0.1, 0.15) is 52.4 Å². The van der Waals surface area contributed by atoms with Gasteiger partial charge in [0.05, 0.1) is 19.3 Å². The van der Waals surface area contributed by atoms with E-state index in [9.17, 15) is 9.59 Å². The number of ether oxygens (including phenoxy) is 2. The van der Waals surface area contributed by atoms with Crippen molar-refractivity contribution in [2.45, 2.75) is 64.5 Å². The highest BCUT2D eigenvalue weighted by molar-refractivity contribution is 5.81. The third-order valence-corrected chi connectivity index (χ3v) is 3.44. The van der Waals surface area contributed by atoms with Gasteiger partial charge in [0.1, 0.15) is 6.42 Å². The van der Waals surface area contributed by atoms with Gasteiger partial charge in [-0.2, -0.15) is 0 Å². The molecule has 0 heterocycles. The first-order valence-corrected chi connectivity index (χ1v) is 7.34. The molecule has 0 aromatic carbocycles. The van der Waals surface area contributed by atoms with Crippen molar-refractivity contribution in [1.29, 1.82) is 0 Å². The Bertz CT molecular complexity index is 287. The van der Waals surface area contributed by atoms with Crippen LogP contribution in [0.2, 0.25) is 0 Å². The zero-order valence-electron chi connectivity index (χ0n) is 12.0. The van der Waals surface area contributed by atoms with E-state index in [1.54, 1.807) is 13.8 Å². The van der Waals surface area contributed by atoms with Crippen LogP contribution in [0.5, 0.6) is 0 Å². The average molecular weight is 272 g/mol. The zero-order chi connectivity index (χ0) is 14.1. The molecule has 1 aliphatic carbocycles. The van der Waals surface area contributed by atoms with Crippen LogP contribution in [-0.4, -0.2) is 37.2 Å². The molecule has 1 atom stereocenters. The van der Waals surface area contributed by atoms with Crippen LogP contribution in [0.4, 0.5) is 0 Å². The highest BCUT2D eigenvalue weighted by Crippen LogP contribution is 2.15. The Morgan fingerprint density at radius 1 is 1.11 bits per heavy atom. The summed E-state index contributed by atoms with van der Waals surface area (Å²) in [6.45, 7) is 4.23. The Morgan fingerprint density at radius 3 is 2.32 bits per heavy atom. The van der Waals surface area contributed by atoms with E-state index in [4.69, 9.17) is 9.47 Å². The van der Waals surface area contributed by atoms with Crippen molar-refractivity contribution in [1.82, 2.24) is 0 Å². The van der Waals surface area contributed by atoms with Gasteiger partial charge in [0, 0.05) is 0 Å². The van der Waals surface area contributed by atoms with E-state index >= 15 is 0 Å². The van der Waals surface area contributed by atoms with Gasteiger partial charge in [-0.25, -0.2) is 4.79 Å². The molecule has 2 N–H and O–H groups in total. The third kappa shape index (κ3) is 6.05. The fourth-order valence-corrected chi connectivity index (χ4v) is 2.53. The number of carbonyl (C=O) groups is 2. The van der Waals surface area contributed by atoms with Gasteiger partial charge in [-0.3, -0.25) is 4.79 Å². The Balaban J connectivity index is 2.52. The van der Waals surface area contributed by atoms with Crippen molar-refractivity contribution in [3.8, 4) is 0 Å². The van der Waals surface area contributed by atoms with Gasteiger partial charge in [-0.05, 0) is 39.5 Å². The molecule has 0 radical (unpaired) electrons. The normalized spacial score (nSPS) is 17.8. The van der Waals surface area contributed by atoms with Gasteiger partial charge >= 0.3 is 11.9 Å². The fourth-order valence-electron chi connectivity index (χ4n) is 2.53. The maximum atomic E-state index is 11.9. The first kappa shape index (κ1) is 16.0. The number of hydrogen-bond acceptors (Lipinski definition) is 4. The minimum absolute atomic E-state index is 0.100. The average Bonchev–Trinajstić information content (AvgIpc) is 2.40.